The van der Waals surface area contributed by atoms with Crippen LogP contribution in [0.25, 0.3) is 0 Å². The number of hydrogen-bond acceptors (Lipinski definition) is 4. The lowest BCUT2D eigenvalue weighted by Gasteiger charge is -2.21. The Balaban J connectivity index is 0. The number of hydrogen-bond donors (Lipinski definition) is 2. The molecule has 0 aromatic heterocycles. The van der Waals surface area contributed by atoms with Crippen LogP contribution in [0.4, 0.5) is 0 Å². The van der Waals surface area contributed by atoms with Gasteiger partial charge in [0.25, 0.3) is 0 Å². The van der Waals surface area contributed by atoms with Crippen molar-refractivity contribution in [2.45, 2.75) is 0 Å². The minimum absolute atomic E-state index is 0.742. The predicted molar refractivity (Wildman–Crippen MR) is 52.0 cm³/mol. The molecule has 0 saturated heterocycles. The quantitative estimate of drug-likeness (QED) is 0.293. The highest BCUT2D eigenvalue weighted by atomic mass is 32.3. The summed E-state index contributed by atoms with van der Waals surface area (Å²) in [6.07, 6.45) is 2.83. The van der Waals surface area contributed by atoms with Gasteiger partial charge >= 0.3 is 5.97 Å². The van der Waals surface area contributed by atoms with Gasteiger partial charge in [-0.3, -0.25) is 4.55 Å². The summed E-state index contributed by atoms with van der Waals surface area (Å²) in [4.78, 5) is 9.99. The lowest BCUT2D eigenvalue weighted by atomic mass is 10.4. The molecule has 0 amide bonds. The molecule has 15 heavy (non-hydrogen) atoms. The molecule has 0 unspecified atom stereocenters. The van der Waals surface area contributed by atoms with Gasteiger partial charge in [0.2, 0.25) is 10.4 Å². The van der Waals surface area contributed by atoms with Crippen molar-refractivity contribution in [3.8, 4) is 0 Å². The van der Waals surface area contributed by atoms with Crippen molar-refractivity contribution in [3.63, 3.8) is 0 Å². The van der Waals surface area contributed by atoms with Crippen LogP contribution in [-0.2, 0) is 15.2 Å². The van der Waals surface area contributed by atoms with Crippen LogP contribution in [0.3, 0.4) is 0 Å². The summed E-state index contributed by atoms with van der Waals surface area (Å²) >= 11 is 0. The van der Waals surface area contributed by atoms with Crippen LogP contribution in [0.2, 0.25) is 0 Å². The van der Waals surface area contributed by atoms with Crippen molar-refractivity contribution in [1.82, 2.24) is 0 Å². The molecule has 0 aliphatic carbocycles. The third-order valence-corrected chi connectivity index (χ3v) is 0.914. The molecule has 0 rings (SSSR count). The first-order valence-corrected chi connectivity index (χ1v) is 5.16. The SMILES string of the molecule is C[N+](C)(C)C/C=C/C(=O)O.O=S(=O)([O-])O. The Labute approximate surface area is 88.8 Å². The Kier molecular flexibility index (Phi) is 7.15. The molecular formula is C7H15NO6S. The molecule has 0 fully saturated rings. The third kappa shape index (κ3) is 43.6. The summed E-state index contributed by atoms with van der Waals surface area (Å²) in [5.41, 5.74) is 0. The minimum Gasteiger partial charge on any atom is -0.726 e. The van der Waals surface area contributed by atoms with Crippen LogP contribution >= 0.6 is 0 Å². The van der Waals surface area contributed by atoms with E-state index in [9.17, 15) is 4.79 Å². The van der Waals surface area contributed by atoms with Crippen molar-refractivity contribution in [2.75, 3.05) is 27.7 Å². The molecular weight excluding hydrogens is 226 g/mol. The fourth-order valence-corrected chi connectivity index (χ4v) is 0.470. The van der Waals surface area contributed by atoms with E-state index in [2.05, 4.69) is 0 Å². The number of carbonyl (C=O) groups is 1. The maximum atomic E-state index is 9.99. The van der Waals surface area contributed by atoms with Gasteiger partial charge in [-0.2, -0.15) is 0 Å². The number of carboxylic acids is 1. The summed E-state index contributed by atoms with van der Waals surface area (Å²) in [6.45, 7) is 0.742. The topological polar surface area (TPSA) is 115 Å². The van der Waals surface area contributed by atoms with E-state index in [0.29, 0.717) is 0 Å². The van der Waals surface area contributed by atoms with E-state index in [1.54, 1.807) is 6.08 Å². The number of likely N-dealkylation sites (N-methyl/N-ethyl adjacent to an activating group) is 1. The van der Waals surface area contributed by atoms with Crippen molar-refractivity contribution >= 4 is 16.4 Å². The van der Waals surface area contributed by atoms with E-state index in [1.165, 1.54) is 6.08 Å². The highest BCUT2D eigenvalue weighted by Gasteiger charge is 2.01. The van der Waals surface area contributed by atoms with Crippen LogP contribution < -0.4 is 0 Å². The van der Waals surface area contributed by atoms with Crippen LogP contribution in [0, 0.1) is 0 Å². The smallest absolute Gasteiger partial charge is 0.328 e. The first-order chi connectivity index (χ1) is 6.42. The first-order valence-electron chi connectivity index (χ1n) is 3.80. The van der Waals surface area contributed by atoms with Gasteiger partial charge in [-0.1, -0.05) is 0 Å². The zero-order valence-electron chi connectivity index (χ0n) is 8.74. The molecule has 0 saturated carbocycles. The molecule has 0 atom stereocenters. The average molecular weight is 241 g/mol. The Morgan fingerprint density at radius 3 is 1.93 bits per heavy atom. The molecule has 0 aliphatic rings. The van der Waals surface area contributed by atoms with Gasteiger partial charge in [-0.15, -0.1) is 0 Å². The van der Waals surface area contributed by atoms with E-state index in [0.717, 1.165) is 11.0 Å². The lowest BCUT2D eigenvalue weighted by Crippen LogP contribution is -2.34. The summed E-state index contributed by atoms with van der Waals surface area (Å²) in [5, 5.41) is 8.22. The van der Waals surface area contributed by atoms with E-state index < -0.39 is 16.4 Å². The molecule has 0 aliphatic heterocycles. The zero-order valence-corrected chi connectivity index (χ0v) is 9.56. The number of aliphatic carboxylic acids is 1. The molecule has 7 nitrogen and oxygen atoms in total. The molecule has 0 bridgehead atoms. The summed E-state index contributed by atoms with van der Waals surface area (Å²) in [6, 6.07) is 0. The van der Waals surface area contributed by atoms with Crippen LogP contribution in [0.1, 0.15) is 0 Å². The molecule has 8 heteroatoms. The normalized spacial score (nSPS) is 12.1. The lowest BCUT2D eigenvalue weighted by molar-refractivity contribution is -0.864. The standard InChI is InChI=1S/C7H13NO2.H2O4S/c1-8(2,3)6-4-5-7(9)10;1-5(2,3)4/h4-5H,6H2,1-3H3;(H2,1,2,3,4)/b5-4+;. The van der Waals surface area contributed by atoms with Gasteiger partial charge in [0.15, 0.2) is 0 Å². The van der Waals surface area contributed by atoms with Crippen LogP contribution in [-0.4, -0.2) is 60.8 Å². The number of nitrogens with zero attached hydrogens (tertiary/aromatic N) is 1. The van der Waals surface area contributed by atoms with Crippen molar-refractivity contribution in [3.05, 3.63) is 12.2 Å². The maximum absolute atomic E-state index is 9.99. The molecule has 2 N–H and O–H groups in total. The van der Waals surface area contributed by atoms with Crippen LogP contribution in [0.15, 0.2) is 12.2 Å². The van der Waals surface area contributed by atoms with E-state index in [4.69, 9.17) is 22.6 Å². The van der Waals surface area contributed by atoms with Crippen molar-refractivity contribution < 1.29 is 31.9 Å². The number of rotatable bonds is 3. The van der Waals surface area contributed by atoms with Gasteiger partial charge in [-0.25, -0.2) is 13.2 Å². The Morgan fingerprint density at radius 1 is 1.40 bits per heavy atom. The Bertz CT molecular complexity index is 305. The number of quaternary nitrogens is 1. The van der Waals surface area contributed by atoms with E-state index in [-0.39, 0.29) is 0 Å². The molecule has 0 spiro atoms. The monoisotopic (exact) mass is 241 g/mol. The maximum Gasteiger partial charge on any atom is 0.328 e. The highest BCUT2D eigenvalue weighted by molar-refractivity contribution is 7.79. The second kappa shape index (κ2) is 6.51. The molecule has 90 valence electrons. The molecule has 0 radical (unpaired) electrons. The molecule has 0 aromatic rings. The summed E-state index contributed by atoms with van der Waals surface area (Å²) < 4.78 is 33.6. The summed E-state index contributed by atoms with van der Waals surface area (Å²) in [5.74, 6) is -0.881. The Morgan fingerprint density at radius 2 is 1.73 bits per heavy atom. The second-order valence-corrected chi connectivity index (χ2v) is 4.50. The fourth-order valence-electron chi connectivity index (χ4n) is 0.470. The van der Waals surface area contributed by atoms with Crippen molar-refractivity contribution in [1.29, 1.82) is 0 Å². The zero-order chi connectivity index (χ0) is 12.7. The molecule has 0 heterocycles. The van der Waals surface area contributed by atoms with Crippen molar-refractivity contribution in [2.24, 2.45) is 0 Å². The highest BCUT2D eigenvalue weighted by Crippen LogP contribution is 1.89. The van der Waals surface area contributed by atoms with E-state index in [1.807, 2.05) is 21.1 Å². The average Bonchev–Trinajstić information content (AvgIpc) is 1.77. The van der Waals surface area contributed by atoms with Crippen LogP contribution in [0.5, 0.6) is 0 Å². The minimum atomic E-state index is -4.92. The fraction of sp³-hybridized carbons (Fsp3) is 0.571. The molecule has 0 aromatic carbocycles. The van der Waals surface area contributed by atoms with Gasteiger partial charge in [0.1, 0.15) is 0 Å². The number of carboxylic acid groups (broad SMARTS) is 1. The Hall–Kier alpha value is -0.960. The third-order valence-electron chi connectivity index (χ3n) is 0.914. The van der Waals surface area contributed by atoms with Gasteiger partial charge in [0.05, 0.1) is 27.7 Å². The van der Waals surface area contributed by atoms with Gasteiger partial charge in [-0.05, 0) is 6.08 Å². The predicted octanol–water partition coefficient (Wildman–Crippen LogP) is -0.662. The second-order valence-electron chi connectivity index (χ2n) is 3.64. The summed E-state index contributed by atoms with van der Waals surface area (Å²) in [7, 11) is 1.10. The first kappa shape index (κ1) is 16.5. The van der Waals surface area contributed by atoms with Gasteiger partial charge in [0, 0.05) is 6.08 Å². The van der Waals surface area contributed by atoms with Gasteiger partial charge < -0.3 is 14.1 Å². The largest absolute Gasteiger partial charge is 0.726 e. The van der Waals surface area contributed by atoms with E-state index >= 15 is 0 Å².